The van der Waals surface area contributed by atoms with E-state index >= 15 is 0 Å². The summed E-state index contributed by atoms with van der Waals surface area (Å²) in [5.41, 5.74) is 2.50. The van der Waals surface area contributed by atoms with Crippen LogP contribution in [0.2, 0.25) is 0 Å². The van der Waals surface area contributed by atoms with E-state index in [0.29, 0.717) is 12.2 Å². The first kappa shape index (κ1) is 15.5. The molecule has 0 saturated carbocycles. The molecule has 21 heavy (non-hydrogen) atoms. The molecule has 0 saturated heterocycles. The van der Waals surface area contributed by atoms with Crippen LogP contribution in [0.1, 0.15) is 48.4 Å². The summed E-state index contributed by atoms with van der Waals surface area (Å²) in [6, 6.07) is 3.86. The first-order valence-corrected chi connectivity index (χ1v) is 7.59. The lowest BCUT2D eigenvalue weighted by Crippen LogP contribution is -3.10. The zero-order chi connectivity index (χ0) is 15.4. The van der Waals surface area contributed by atoms with E-state index in [-0.39, 0.29) is 5.69 Å². The predicted octanol–water partition coefficient (Wildman–Crippen LogP) is 0.211. The minimum Gasteiger partial charge on any atom is -0.543 e. The lowest BCUT2D eigenvalue weighted by molar-refractivity contribution is -0.914. The maximum atomic E-state index is 11.4. The molecule has 0 atom stereocenters. The number of aromatic nitrogens is 2. The van der Waals surface area contributed by atoms with Gasteiger partial charge in [0.2, 0.25) is 0 Å². The fourth-order valence-corrected chi connectivity index (χ4v) is 2.83. The van der Waals surface area contributed by atoms with Gasteiger partial charge in [-0.15, -0.1) is 0 Å². The molecular formula is C16H23N3O2. The van der Waals surface area contributed by atoms with Crippen molar-refractivity contribution in [3.8, 4) is 0 Å². The molecule has 0 unspecified atom stereocenters. The molecule has 0 aliphatic carbocycles. The highest BCUT2D eigenvalue weighted by Gasteiger charge is 2.19. The van der Waals surface area contributed by atoms with Crippen LogP contribution in [0, 0.1) is 6.92 Å². The monoisotopic (exact) mass is 289 g/mol. The summed E-state index contributed by atoms with van der Waals surface area (Å²) in [6.45, 7) is 8.95. The molecule has 114 valence electrons. The average molecular weight is 289 g/mol. The molecular weight excluding hydrogens is 266 g/mol. The Kier molecular flexibility index (Phi) is 4.96. The van der Waals surface area contributed by atoms with Crippen LogP contribution in [0.4, 0.5) is 0 Å². The van der Waals surface area contributed by atoms with Gasteiger partial charge in [0.1, 0.15) is 23.6 Å². The van der Waals surface area contributed by atoms with E-state index in [1.807, 2.05) is 29.7 Å². The Morgan fingerprint density at radius 2 is 2.00 bits per heavy atom. The van der Waals surface area contributed by atoms with Crippen molar-refractivity contribution in [3.05, 3.63) is 35.3 Å². The fourth-order valence-electron chi connectivity index (χ4n) is 2.83. The summed E-state index contributed by atoms with van der Waals surface area (Å²) >= 11 is 0. The number of aromatic carboxylic acids is 1. The van der Waals surface area contributed by atoms with Crippen molar-refractivity contribution in [2.24, 2.45) is 0 Å². The molecule has 2 heterocycles. The van der Waals surface area contributed by atoms with Gasteiger partial charge in [-0.05, 0) is 31.4 Å². The van der Waals surface area contributed by atoms with E-state index in [1.54, 1.807) is 0 Å². The zero-order valence-electron chi connectivity index (χ0n) is 13.0. The van der Waals surface area contributed by atoms with Gasteiger partial charge in [0.05, 0.1) is 19.1 Å². The van der Waals surface area contributed by atoms with Crippen LogP contribution in [0.3, 0.4) is 0 Å². The molecule has 0 amide bonds. The Hall–Kier alpha value is -1.88. The molecule has 5 heteroatoms. The van der Waals surface area contributed by atoms with E-state index in [0.717, 1.165) is 37.2 Å². The smallest absolute Gasteiger partial charge is 0.140 e. The highest BCUT2D eigenvalue weighted by Crippen LogP contribution is 2.15. The molecule has 0 spiro atoms. The second kappa shape index (κ2) is 6.72. The summed E-state index contributed by atoms with van der Waals surface area (Å²) in [6.07, 6.45) is 4.03. The number of carboxylic acids is 1. The fraction of sp³-hybridized carbons (Fsp3) is 0.500. The molecule has 2 rings (SSSR count). The second-order valence-corrected chi connectivity index (χ2v) is 5.51. The van der Waals surface area contributed by atoms with Crippen molar-refractivity contribution in [2.75, 3.05) is 13.1 Å². The van der Waals surface area contributed by atoms with Crippen LogP contribution < -0.4 is 10.0 Å². The van der Waals surface area contributed by atoms with E-state index in [1.165, 1.54) is 4.90 Å². The average Bonchev–Trinajstić information content (AvgIpc) is 2.80. The second-order valence-electron chi connectivity index (χ2n) is 5.51. The number of carbonyl (C=O) groups is 1. The standard InChI is InChI=1S/C16H23N3O2/c1-4-8-18(9-5-2)11-13-14(16(20)21)17-15-12(3)7-6-10-19(13)15/h6-7,10H,4-5,8-9,11H2,1-3H3,(H,20,21). The molecule has 0 aliphatic heterocycles. The zero-order valence-corrected chi connectivity index (χ0v) is 13.0. The van der Waals surface area contributed by atoms with Gasteiger partial charge >= 0.3 is 0 Å². The SMILES string of the molecule is CCC[NH+](CCC)Cc1c(C(=O)[O-])nc2c(C)cccn12. The summed E-state index contributed by atoms with van der Waals surface area (Å²) < 4.78 is 1.89. The van der Waals surface area contributed by atoms with Gasteiger partial charge in [-0.3, -0.25) is 4.40 Å². The number of rotatable bonds is 7. The van der Waals surface area contributed by atoms with Gasteiger partial charge in [0.15, 0.2) is 0 Å². The summed E-state index contributed by atoms with van der Waals surface area (Å²) in [4.78, 5) is 17.1. The van der Waals surface area contributed by atoms with Gasteiger partial charge in [0.25, 0.3) is 0 Å². The lowest BCUT2D eigenvalue weighted by atomic mass is 10.2. The number of carboxylic acid groups (broad SMARTS) is 1. The lowest BCUT2D eigenvalue weighted by Gasteiger charge is -2.18. The number of hydrogen-bond acceptors (Lipinski definition) is 3. The van der Waals surface area contributed by atoms with Crippen LogP contribution in [-0.2, 0) is 6.54 Å². The number of hydrogen-bond donors (Lipinski definition) is 1. The van der Waals surface area contributed by atoms with Crippen LogP contribution in [-0.4, -0.2) is 28.4 Å². The number of carbonyl (C=O) groups excluding carboxylic acids is 1. The predicted molar refractivity (Wildman–Crippen MR) is 79.2 cm³/mol. The van der Waals surface area contributed by atoms with Crippen LogP contribution >= 0.6 is 0 Å². The van der Waals surface area contributed by atoms with Crippen molar-refractivity contribution in [2.45, 2.75) is 40.2 Å². The number of fused-ring (bicyclic) bond motifs is 1. The first-order chi connectivity index (χ1) is 10.1. The van der Waals surface area contributed by atoms with Crippen molar-refractivity contribution in [3.63, 3.8) is 0 Å². The Labute approximate surface area is 125 Å². The van der Waals surface area contributed by atoms with E-state index < -0.39 is 5.97 Å². The van der Waals surface area contributed by atoms with Crippen molar-refractivity contribution in [1.82, 2.24) is 9.38 Å². The summed E-state index contributed by atoms with van der Waals surface area (Å²) in [5, 5.41) is 11.4. The normalized spacial score (nSPS) is 11.4. The number of imidazole rings is 1. The number of nitrogens with one attached hydrogen (secondary N) is 1. The number of quaternary nitrogens is 1. The van der Waals surface area contributed by atoms with Gasteiger partial charge < -0.3 is 14.8 Å². The quantitative estimate of drug-likeness (QED) is 0.792. The molecule has 5 nitrogen and oxygen atoms in total. The van der Waals surface area contributed by atoms with Crippen molar-refractivity contribution < 1.29 is 14.8 Å². The van der Waals surface area contributed by atoms with Crippen LogP contribution in [0.5, 0.6) is 0 Å². The maximum absolute atomic E-state index is 11.4. The first-order valence-electron chi connectivity index (χ1n) is 7.59. The number of pyridine rings is 1. The van der Waals surface area contributed by atoms with E-state index in [4.69, 9.17) is 0 Å². The third-order valence-corrected chi connectivity index (χ3v) is 3.76. The maximum Gasteiger partial charge on any atom is 0.140 e. The Bertz CT molecular complexity index is 628. The number of aryl methyl sites for hydroxylation is 1. The van der Waals surface area contributed by atoms with Gasteiger partial charge in [-0.1, -0.05) is 19.9 Å². The third kappa shape index (κ3) is 3.24. The minimum atomic E-state index is -1.19. The van der Waals surface area contributed by atoms with Crippen molar-refractivity contribution in [1.29, 1.82) is 0 Å². The van der Waals surface area contributed by atoms with Gasteiger partial charge in [0, 0.05) is 6.20 Å². The number of nitrogens with zero attached hydrogens (tertiary/aromatic N) is 2. The topological polar surface area (TPSA) is 61.9 Å². The van der Waals surface area contributed by atoms with Crippen LogP contribution in [0.15, 0.2) is 18.3 Å². The molecule has 0 bridgehead atoms. The Morgan fingerprint density at radius 3 is 2.57 bits per heavy atom. The Morgan fingerprint density at radius 1 is 1.33 bits per heavy atom. The van der Waals surface area contributed by atoms with Crippen LogP contribution in [0.25, 0.3) is 5.65 Å². The highest BCUT2D eigenvalue weighted by atomic mass is 16.4. The van der Waals surface area contributed by atoms with Crippen molar-refractivity contribution >= 4 is 11.6 Å². The largest absolute Gasteiger partial charge is 0.543 e. The molecule has 0 radical (unpaired) electrons. The van der Waals surface area contributed by atoms with Gasteiger partial charge in [-0.25, -0.2) is 4.98 Å². The minimum absolute atomic E-state index is 0.0778. The molecule has 0 fully saturated rings. The molecule has 2 aromatic heterocycles. The molecule has 0 aromatic carbocycles. The highest BCUT2D eigenvalue weighted by molar-refractivity contribution is 5.86. The van der Waals surface area contributed by atoms with E-state index in [9.17, 15) is 9.90 Å². The summed E-state index contributed by atoms with van der Waals surface area (Å²) in [5.74, 6) is -1.19. The third-order valence-electron chi connectivity index (χ3n) is 3.76. The molecule has 0 aliphatic rings. The van der Waals surface area contributed by atoms with E-state index in [2.05, 4.69) is 18.8 Å². The summed E-state index contributed by atoms with van der Waals surface area (Å²) in [7, 11) is 0. The Balaban J connectivity index is 2.47. The molecule has 1 N–H and O–H groups in total. The molecule has 2 aromatic rings. The van der Waals surface area contributed by atoms with Gasteiger partial charge in [-0.2, -0.15) is 0 Å².